The van der Waals surface area contributed by atoms with E-state index in [9.17, 15) is 4.79 Å². The van der Waals surface area contributed by atoms with Crippen molar-refractivity contribution in [2.75, 3.05) is 18.0 Å². The van der Waals surface area contributed by atoms with Crippen molar-refractivity contribution >= 4 is 11.8 Å². The van der Waals surface area contributed by atoms with E-state index in [1.54, 1.807) is 6.07 Å². The van der Waals surface area contributed by atoms with Crippen LogP contribution >= 0.6 is 0 Å². The number of rotatable bonds is 4. The predicted molar refractivity (Wildman–Crippen MR) is 68.8 cm³/mol. The molecule has 1 N–H and O–H groups in total. The molecule has 0 radical (unpaired) electrons. The van der Waals surface area contributed by atoms with Crippen molar-refractivity contribution in [2.24, 2.45) is 5.41 Å². The molecule has 1 aliphatic heterocycles. The predicted octanol–water partition coefficient (Wildman–Crippen LogP) is 2.19. The molecule has 0 unspecified atom stereocenters. The summed E-state index contributed by atoms with van der Waals surface area (Å²) in [7, 11) is 0. The van der Waals surface area contributed by atoms with E-state index in [-0.39, 0.29) is 5.69 Å². The molecule has 1 saturated heterocycles. The minimum absolute atomic E-state index is 0.00445. The van der Waals surface area contributed by atoms with Gasteiger partial charge in [0.1, 0.15) is 0 Å². The van der Waals surface area contributed by atoms with Gasteiger partial charge in [-0.1, -0.05) is 13.8 Å². The monoisotopic (exact) mass is 249 g/mol. The Balaban J connectivity index is 2.12. The molecule has 0 amide bonds. The number of hydrogen-bond donors (Lipinski definition) is 1. The van der Waals surface area contributed by atoms with E-state index in [1.807, 2.05) is 0 Å². The molecule has 0 saturated carbocycles. The van der Waals surface area contributed by atoms with Gasteiger partial charge in [0.2, 0.25) is 0 Å². The van der Waals surface area contributed by atoms with Crippen LogP contribution in [0.15, 0.2) is 12.1 Å². The number of anilines is 1. The number of carbonyl (C=O) groups is 1. The normalized spacial score (nSPS) is 18.0. The van der Waals surface area contributed by atoms with E-state index < -0.39 is 5.97 Å². The molecule has 98 valence electrons. The van der Waals surface area contributed by atoms with Crippen molar-refractivity contribution in [3.63, 3.8) is 0 Å². The standard InChI is InChI=1S/C13H19N3O2/c1-3-13(4-2)7-8-16(9-13)11-6-5-10(12(17)18)14-15-11/h5-6H,3-4,7-9H2,1-2H3,(H,17,18). The number of nitrogens with zero attached hydrogens (tertiary/aromatic N) is 3. The summed E-state index contributed by atoms with van der Waals surface area (Å²) in [4.78, 5) is 12.9. The molecule has 18 heavy (non-hydrogen) atoms. The lowest BCUT2D eigenvalue weighted by molar-refractivity contribution is 0.0689. The Hall–Kier alpha value is -1.65. The van der Waals surface area contributed by atoms with Crippen molar-refractivity contribution in [1.29, 1.82) is 0 Å². The SMILES string of the molecule is CCC1(CC)CCN(c2ccc(C(=O)O)nn2)C1. The summed E-state index contributed by atoms with van der Waals surface area (Å²) in [5.41, 5.74) is 0.378. The molecule has 2 heterocycles. The molecule has 1 aromatic rings. The molecule has 0 aromatic carbocycles. The van der Waals surface area contributed by atoms with Crippen LogP contribution in [0.2, 0.25) is 0 Å². The lowest BCUT2D eigenvalue weighted by Gasteiger charge is -2.26. The molecule has 5 nitrogen and oxygen atoms in total. The first-order valence-electron chi connectivity index (χ1n) is 6.42. The van der Waals surface area contributed by atoms with Gasteiger partial charge in [-0.3, -0.25) is 0 Å². The fraction of sp³-hybridized carbons (Fsp3) is 0.615. The van der Waals surface area contributed by atoms with Crippen LogP contribution in [0.3, 0.4) is 0 Å². The first-order chi connectivity index (χ1) is 8.60. The molecule has 0 bridgehead atoms. The molecule has 1 aromatic heterocycles. The lowest BCUT2D eigenvalue weighted by atomic mass is 9.82. The molecular formula is C13H19N3O2. The first kappa shape index (κ1) is 12.8. The summed E-state index contributed by atoms with van der Waals surface area (Å²) >= 11 is 0. The highest BCUT2D eigenvalue weighted by molar-refractivity contribution is 5.85. The first-order valence-corrected chi connectivity index (χ1v) is 6.42. The molecular weight excluding hydrogens is 230 g/mol. The molecule has 0 aliphatic carbocycles. The molecule has 1 fully saturated rings. The number of aromatic nitrogens is 2. The van der Waals surface area contributed by atoms with Crippen LogP contribution in [-0.4, -0.2) is 34.4 Å². The van der Waals surface area contributed by atoms with Gasteiger partial charge in [-0.2, -0.15) is 0 Å². The highest BCUT2D eigenvalue weighted by Crippen LogP contribution is 2.38. The van der Waals surface area contributed by atoms with Gasteiger partial charge < -0.3 is 10.0 Å². The average molecular weight is 249 g/mol. The minimum atomic E-state index is -1.04. The van der Waals surface area contributed by atoms with Gasteiger partial charge in [0, 0.05) is 13.1 Å². The van der Waals surface area contributed by atoms with Crippen molar-refractivity contribution in [3.05, 3.63) is 17.8 Å². The van der Waals surface area contributed by atoms with E-state index in [0.717, 1.165) is 18.9 Å². The van der Waals surface area contributed by atoms with Crippen LogP contribution < -0.4 is 4.90 Å². The average Bonchev–Trinajstić information content (AvgIpc) is 2.84. The van der Waals surface area contributed by atoms with E-state index in [0.29, 0.717) is 5.41 Å². The summed E-state index contributed by atoms with van der Waals surface area (Å²) < 4.78 is 0. The van der Waals surface area contributed by atoms with Crippen LogP contribution in [0.25, 0.3) is 0 Å². The number of carboxylic acid groups (broad SMARTS) is 1. The van der Waals surface area contributed by atoms with Gasteiger partial charge in [-0.15, -0.1) is 10.2 Å². The highest BCUT2D eigenvalue weighted by Gasteiger charge is 2.35. The van der Waals surface area contributed by atoms with Crippen LogP contribution in [-0.2, 0) is 0 Å². The molecule has 0 atom stereocenters. The smallest absolute Gasteiger partial charge is 0.356 e. The Labute approximate surface area is 107 Å². The van der Waals surface area contributed by atoms with Crippen LogP contribution in [0.1, 0.15) is 43.6 Å². The van der Waals surface area contributed by atoms with Crippen molar-refractivity contribution in [1.82, 2.24) is 10.2 Å². The van der Waals surface area contributed by atoms with Gasteiger partial charge in [0.15, 0.2) is 11.5 Å². The third-order valence-electron chi connectivity index (χ3n) is 4.13. The summed E-state index contributed by atoms with van der Waals surface area (Å²) in [6.07, 6.45) is 3.50. The quantitative estimate of drug-likeness (QED) is 0.886. The van der Waals surface area contributed by atoms with Crippen LogP contribution in [0.4, 0.5) is 5.82 Å². The summed E-state index contributed by atoms with van der Waals surface area (Å²) in [6.45, 7) is 6.42. The number of carboxylic acids is 1. The van der Waals surface area contributed by atoms with Crippen LogP contribution in [0, 0.1) is 5.41 Å². The molecule has 1 aliphatic rings. The van der Waals surface area contributed by atoms with E-state index in [4.69, 9.17) is 5.11 Å². The number of aromatic carboxylic acids is 1. The Bertz CT molecular complexity index is 426. The maximum absolute atomic E-state index is 10.7. The maximum Gasteiger partial charge on any atom is 0.356 e. The Kier molecular flexibility index (Phi) is 3.50. The van der Waals surface area contributed by atoms with Crippen molar-refractivity contribution in [2.45, 2.75) is 33.1 Å². The topological polar surface area (TPSA) is 66.3 Å². The molecule has 5 heteroatoms. The Morgan fingerprint density at radius 1 is 1.39 bits per heavy atom. The van der Waals surface area contributed by atoms with Gasteiger partial charge >= 0.3 is 5.97 Å². The fourth-order valence-electron chi connectivity index (χ4n) is 2.57. The minimum Gasteiger partial charge on any atom is -0.476 e. The summed E-state index contributed by atoms with van der Waals surface area (Å²) in [5.74, 6) is -0.254. The van der Waals surface area contributed by atoms with Gasteiger partial charge in [-0.25, -0.2) is 4.79 Å². The van der Waals surface area contributed by atoms with E-state index >= 15 is 0 Å². The van der Waals surface area contributed by atoms with Crippen LogP contribution in [0.5, 0.6) is 0 Å². The molecule has 2 rings (SSSR count). The van der Waals surface area contributed by atoms with Crippen molar-refractivity contribution in [3.8, 4) is 0 Å². The van der Waals surface area contributed by atoms with Gasteiger partial charge in [-0.05, 0) is 36.8 Å². The number of hydrogen-bond acceptors (Lipinski definition) is 4. The zero-order chi connectivity index (χ0) is 13.2. The second-order valence-corrected chi connectivity index (χ2v) is 4.96. The zero-order valence-electron chi connectivity index (χ0n) is 10.9. The largest absolute Gasteiger partial charge is 0.476 e. The van der Waals surface area contributed by atoms with Crippen molar-refractivity contribution < 1.29 is 9.90 Å². The second-order valence-electron chi connectivity index (χ2n) is 4.96. The maximum atomic E-state index is 10.7. The molecule has 0 spiro atoms. The highest BCUT2D eigenvalue weighted by atomic mass is 16.4. The lowest BCUT2D eigenvalue weighted by Crippen LogP contribution is -2.27. The van der Waals surface area contributed by atoms with E-state index in [1.165, 1.54) is 25.3 Å². The Morgan fingerprint density at radius 2 is 2.11 bits per heavy atom. The third kappa shape index (κ3) is 2.30. The third-order valence-corrected chi connectivity index (χ3v) is 4.13. The van der Waals surface area contributed by atoms with Gasteiger partial charge in [0.25, 0.3) is 0 Å². The summed E-state index contributed by atoms with van der Waals surface area (Å²) in [6, 6.07) is 3.26. The van der Waals surface area contributed by atoms with Gasteiger partial charge in [0.05, 0.1) is 0 Å². The zero-order valence-corrected chi connectivity index (χ0v) is 10.9. The fourth-order valence-corrected chi connectivity index (χ4v) is 2.57. The van der Waals surface area contributed by atoms with E-state index in [2.05, 4.69) is 28.9 Å². The summed E-state index contributed by atoms with van der Waals surface area (Å²) in [5, 5.41) is 16.5. The second kappa shape index (κ2) is 4.92. The Morgan fingerprint density at radius 3 is 2.56 bits per heavy atom.